The first kappa shape index (κ1) is 34.1. The highest BCUT2D eigenvalue weighted by atomic mass is 32.1. The number of para-hydroxylation sites is 2. The molecule has 12 rings (SSSR count). The van der Waals surface area contributed by atoms with Crippen LogP contribution in [0.1, 0.15) is 0 Å². The molecule has 2 aromatic heterocycles. The van der Waals surface area contributed by atoms with E-state index in [-0.39, 0.29) is 0 Å². The van der Waals surface area contributed by atoms with Gasteiger partial charge in [0.1, 0.15) is 0 Å². The fraction of sp³-hybridized carbons (Fsp3) is 0. The molecule has 0 radical (unpaired) electrons. The van der Waals surface area contributed by atoms with Gasteiger partial charge in [-0.15, -0.1) is 11.3 Å². The molecule has 9 aromatic carbocycles. The van der Waals surface area contributed by atoms with E-state index in [1.54, 1.807) is 0 Å². The lowest BCUT2D eigenvalue weighted by atomic mass is 10.0. The molecule has 3 nitrogen and oxygen atoms in total. The lowest BCUT2D eigenvalue weighted by Gasteiger charge is -2.25. The lowest BCUT2D eigenvalue weighted by molar-refractivity contribution is 0.593. The van der Waals surface area contributed by atoms with Gasteiger partial charge in [0.15, 0.2) is 7.14 Å². The van der Waals surface area contributed by atoms with E-state index in [1.165, 1.54) is 20.2 Å². The van der Waals surface area contributed by atoms with Crippen molar-refractivity contribution in [3.63, 3.8) is 0 Å². The van der Waals surface area contributed by atoms with Crippen molar-refractivity contribution in [2.24, 2.45) is 0 Å². The third-order valence-electron chi connectivity index (χ3n) is 12.0. The molecule has 3 heterocycles. The number of hydrogen-bond acceptors (Lipinski definition) is 3. The van der Waals surface area contributed by atoms with Gasteiger partial charge in [-0.3, -0.25) is 0 Å². The second kappa shape index (κ2) is 13.3. The van der Waals surface area contributed by atoms with E-state index in [9.17, 15) is 0 Å². The maximum absolute atomic E-state index is 15.4. The molecule has 1 atom stereocenters. The van der Waals surface area contributed by atoms with E-state index in [4.69, 9.17) is 0 Å². The summed E-state index contributed by atoms with van der Waals surface area (Å²) in [5.74, 6) is 0. The molecular weight excluding hydrogens is 756 g/mol. The van der Waals surface area contributed by atoms with Crippen LogP contribution in [0.2, 0.25) is 0 Å². The van der Waals surface area contributed by atoms with Gasteiger partial charge in [-0.25, -0.2) is 0 Å². The van der Waals surface area contributed by atoms with Crippen LogP contribution in [0.25, 0.3) is 69.9 Å². The Morgan fingerprint density at radius 2 is 1.02 bits per heavy atom. The fourth-order valence-corrected chi connectivity index (χ4v) is 13.5. The SMILES string of the molecule is O=P1(c2ccccc2)c2ccccc2-c2cc3c(cc21)c1ccccc1n3-c1ccc(-c2ccc(N(c3ccccc3)c3ccc4c(c3)sc3ccccc34)cc2)cc1. The van der Waals surface area contributed by atoms with Crippen molar-refractivity contribution in [2.45, 2.75) is 0 Å². The van der Waals surface area contributed by atoms with Gasteiger partial charge in [-0.05, 0) is 95.1 Å². The van der Waals surface area contributed by atoms with Crippen LogP contribution in [0.5, 0.6) is 0 Å². The molecular formula is C54H35N2OPS. The number of rotatable bonds is 6. The first-order chi connectivity index (χ1) is 29.1. The monoisotopic (exact) mass is 790 g/mol. The number of aromatic nitrogens is 1. The summed E-state index contributed by atoms with van der Waals surface area (Å²) in [5.41, 5.74) is 11.1. The molecule has 0 saturated heterocycles. The van der Waals surface area contributed by atoms with Gasteiger partial charge < -0.3 is 14.0 Å². The summed E-state index contributed by atoms with van der Waals surface area (Å²) in [4.78, 5) is 2.34. The van der Waals surface area contributed by atoms with Crippen molar-refractivity contribution >= 4 is 93.4 Å². The molecule has 0 fully saturated rings. The molecule has 59 heavy (non-hydrogen) atoms. The van der Waals surface area contributed by atoms with Crippen LogP contribution in [-0.2, 0) is 4.57 Å². The van der Waals surface area contributed by atoms with Crippen molar-refractivity contribution in [1.29, 1.82) is 0 Å². The van der Waals surface area contributed by atoms with Crippen LogP contribution in [0.4, 0.5) is 17.1 Å². The highest BCUT2D eigenvalue weighted by molar-refractivity contribution is 7.86. The van der Waals surface area contributed by atoms with Gasteiger partial charge in [-0.1, -0.05) is 140 Å². The summed E-state index contributed by atoms with van der Waals surface area (Å²) in [6.07, 6.45) is 0. The summed E-state index contributed by atoms with van der Waals surface area (Å²) in [6, 6.07) is 75.2. The Morgan fingerprint density at radius 3 is 1.81 bits per heavy atom. The highest BCUT2D eigenvalue weighted by Gasteiger charge is 2.40. The van der Waals surface area contributed by atoms with Gasteiger partial charge in [0.05, 0.1) is 11.0 Å². The summed E-state index contributed by atoms with van der Waals surface area (Å²) < 4.78 is 20.3. The number of benzene rings is 9. The standard InChI is InChI=1S/C54H35N2OPS/c57-58(42-15-5-2-6-16-42)51-21-11-8-18-44(51)48-34-50-47(35-52(48)58)43-17-7-10-20-49(43)56(50)40-29-25-37(26-30-40)36-23-27-39(28-24-36)55(38-13-3-1-4-14-38)41-31-32-46-45-19-9-12-22-53(45)59-54(46)33-41/h1-35H. The molecule has 0 saturated carbocycles. The second-order valence-corrected chi connectivity index (χ2v) is 19.0. The Bertz CT molecular complexity index is 3460. The van der Waals surface area contributed by atoms with Crippen molar-refractivity contribution in [1.82, 2.24) is 4.57 Å². The number of anilines is 3. The Labute approximate surface area is 346 Å². The van der Waals surface area contributed by atoms with Crippen LogP contribution in [0.3, 0.4) is 0 Å². The summed E-state index contributed by atoms with van der Waals surface area (Å²) in [5, 5.41) is 7.58. The van der Waals surface area contributed by atoms with Gasteiger partial charge in [0.25, 0.3) is 0 Å². The molecule has 0 N–H and O–H groups in total. The Kier molecular flexibility index (Phi) is 7.68. The maximum atomic E-state index is 15.4. The van der Waals surface area contributed by atoms with E-state index in [2.05, 4.69) is 185 Å². The Hall–Kier alpha value is -6.97. The molecule has 0 spiro atoms. The average molecular weight is 791 g/mol. The minimum absolute atomic E-state index is 0.874. The smallest absolute Gasteiger partial charge is 0.172 e. The topological polar surface area (TPSA) is 25.2 Å². The zero-order chi connectivity index (χ0) is 39.1. The van der Waals surface area contributed by atoms with Gasteiger partial charge in [-0.2, -0.15) is 0 Å². The van der Waals surface area contributed by atoms with E-state index >= 15 is 4.57 Å². The zero-order valence-electron chi connectivity index (χ0n) is 31.9. The summed E-state index contributed by atoms with van der Waals surface area (Å²) in [6.45, 7) is 0. The van der Waals surface area contributed by atoms with E-state index in [0.29, 0.717) is 0 Å². The molecule has 1 unspecified atom stereocenters. The van der Waals surface area contributed by atoms with Crippen molar-refractivity contribution in [3.8, 4) is 27.9 Å². The van der Waals surface area contributed by atoms with E-state index in [0.717, 1.165) is 82.7 Å². The predicted octanol–water partition coefficient (Wildman–Crippen LogP) is 13.9. The van der Waals surface area contributed by atoms with Crippen LogP contribution >= 0.6 is 18.5 Å². The normalized spacial score (nSPS) is 14.6. The molecule has 11 aromatic rings. The van der Waals surface area contributed by atoms with Gasteiger partial charge in [0.2, 0.25) is 0 Å². The van der Waals surface area contributed by atoms with E-state index in [1.807, 2.05) is 47.7 Å². The number of nitrogens with zero attached hydrogens (tertiary/aromatic N) is 2. The van der Waals surface area contributed by atoms with Crippen LogP contribution < -0.4 is 20.8 Å². The largest absolute Gasteiger partial charge is 0.310 e. The third kappa shape index (κ3) is 5.24. The van der Waals surface area contributed by atoms with Crippen molar-refractivity contribution < 1.29 is 4.57 Å². The Morgan fingerprint density at radius 1 is 0.407 bits per heavy atom. The predicted molar refractivity (Wildman–Crippen MR) is 252 cm³/mol. The quantitative estimate of drug-likeness (QED) is 0.157. The molecule has 0 bridgehead atoms. The van der Waals surface area contributed by atoms with Crippen LogP contribution in [-0.4, -0.2) is 4.57 Å². The number of thiophene rings is 1. The van der Waals surface area contributed by atoms with Crippen LogP contribution in [0.15, 0.2) is 212 Å². The zero-order valence-corrected chi connectivity index (χ0v) is 33.6. The minimum Gasteiger partial charge on any atom is -0.310 e. The minimum atomic E-state index is -3.06. The lowest BCUT2D eigenvalue weighted by Crippen LogP contribution is -2.20. The highest BCUT2D eigenvalue weighted by Crippen LogP contribution is 2.53. The number of fused-ring (bicyclic) bond motifs is 9. The van der Waals surface area contributed by atoms with E-state index < -0.39 is 7.14 Å². The molecule has 0 aliphatic carbocycles. The van der Waals surface area contributed by atoms with Gasteiger partial charge >= 0.3 is 0 Å². The average Bonchev–Trinajstić information content (AvgIpc) is 3.92. The van der Waals surface area contributed by atoms with Crippen LogP contribution in [0, 0.1) is 0 Å². The molecule has 0 amide bonds. The molecule has 1 aliphatic heterocycles. The number of hydrogen-bond donors (Lipinski definition) is 0. The van der Waals surface area contributed by atoms with Crippen molar-refractivity contribution in [3.05, 3.63) is 212 Å². The van der Waals surface area contributed by atoms with Crippen molar-refractivity contribution in [2.75, 3.05) is 4.90 Å². The summed E-state index contributed by atoms with van der Waals surface area (Å²) in [7, 11) is -3.06. The fourth-order valence-electron chi connectivity index (χ4n) is 9.26. The first-order valence-electron chi connectivity index (χ1n) is 19.9. The van der Waals surface area contributed by atoms with Gasteiger partial charge in [0, 0.05) is 69.6 Å². The first-order valence-corrected chi connectivity index (χ1v) is 22.5. The Balaban J connectivity index is 0.930. The summed E-state index contributed by atoms with van der Waals surface area (Å²) >= 11 is 1.85. The second-order valence-electron chi connectivity index (χ2n) is 15.2. The molecule has 1 aliphatic rings. The molecule has 5 heteroatoms. The third-order valence-corrected chi connectivity index (χ3v) is 16.3. The maximum Gasteiger partial charge on any atom is 0.172 e. The molecule has 278 valence electrons.